The molecule has 0 radical (unpaired) electrons. The van der Waals surface area contributed by atoms with E-state index >= 15 is 0 Å². The summed E-state index contributed by atoms with van der Waals surface area (Å²) in [6.07, 6.45) is 6.80. The maximum atomic E-state index is 14.7. The van der Waals surface area contributed by atoms with Gasteiger partial charge in [0.15, 0.2) is 5.82 Å². The van der Waals surface area contributed by atoms with Crippen LogP contribution in [0.15, 0.2) is 30.5 Å². The minimum absolute atomic E-state index is 0.0223. The molecule has 1 aliphatic carbocycles. The predicted molar refractivity (Wildman–Crippen MR) is 121 cm³/mol. The SMILES string of the molecule is Cc1ncc(-c2cc(O)c(-c3ccc(N4CC[C@@H](NCC5CCC5)C4)nn3)cc2F)s1. The van der Waals surface area contributed by atoms with Crippen LogP contribution in [-0.4, -0.2) is 46.0 Å². The molecule has 2 fully saturated rings. The lowest BCUT2D eigenvalue weighted by molar-refractivity contribution is 0.291. The largest absolute Gasteiger partial charge is 0.507 e. The highest BCUT2D eigenvalue weighted by atomic mass is 32.1. The van der Waals surface area contributed by atoms with Crippen LogP contribution in [0.4, 0.5) is 10.2 Å². The van der Waals surface area contributed by atoms with E-state index in [1.807, 2.05) is 13.0 Å². The van der Waals surface area contributed by atoms with E-state index in [0.29, 0.717) is 27.7 Å². The number of aromatic hydroxyl groups is 1. The van der Waals surface area contributed by atoms with Crippen molar-refractivity contribution in [2.75, 3.05) is 24.5 Å². The van der Waals surface area contributed by atoms with E-state index in [1.54, 1.807) is 12.3 Å². The van der Waals surface area contributed by atoms with Crippen LogP contribution in [0.1, 0.15) is 30.7 Å². The first-order valence-corrected chi connectivity index (χ1v) is 11.7. The fourth-order valence-corrected chi connectivity index (χ4v) is 5.04. The Morgan fingerprint density at radius 3 is 2.74 bits per heavy atom. The van der Waals surface area contributed by atoms with Crippen molar-refractivity contribution in [3.05, 3.63) is 41.3 Å². The van der Waals surface area contributed by atoms with Crippen molar-refractivity contribution in [1.29, 1.82) is 0 Å². The maximum absolute atomic E-state index is 14.7. The van der Waals surface area contributed by atoms with Gasteiger partial charge in [-0.1, -0.05) is 6.42 Å². The Morgan fingerprint density at radius 1 is 1.19 bits per heavy atom. The number of benzene rings is 1. The van der Waals surface area contributed by atoms with E-state index in [9.17, 15) is 9.50 Å². The quantitative estimate of drug-likeness (QED) is 0.594. The summed E-state index contributed by atoms with van der Waals surface area (Å²) in [7, 11) is 0. The highest BCUT2D eigenvalue weighted by Gasteiger charge is 2.25. The van der Waals surface area contributed by atoms with Crippen LogP contribution in [0.5, 0.6) is 5.75 Å². The zero-order chi connectivity index (χ0) is 21.4. The number of phenols is 1. The molecule has 31 heavy (non-hydrogen) atoms. The van der Waals surface area contributed by atoms with Gasteiger partial charge < -0.3 is 15.3 Å². The second-order valence-electron chi connectivity index (χ2n) is 8.51. The highest BCUT2D eigenvalue weighted by molar-refractivity contribution is 7.15. The average molecular weight is 440 g/mol. The second kappa shape index (κ2) is 8.51. The molecule has 3 aromatic rings. The van der Waals surface area contributed by atoms with Gasteiger partial charge in [0.05, 0.1) is 15.6 Å². The summed E-state index contributed by atoms with van der Waals surface area (Å²) in [4.78, 5) is 7.08. The maximum Gasteiger partial charge on any atom is 0.151 e. The van der Waals surface area contributed by atoms with Gasteiger partial charge in [-0.05, 0) is 62.9 Å². The molecule has 2 aliphatic rings. The van der Waals surface area contributed by atoms with Crippen molar-refractivity contribution in [2.24, 2.45) is 5.92 Å². The van der Waals surface area contributed by atoms with E-state index in [1.165, 1.54) is 42.7 Å². The van der Waals surface area contributed by atoms with Crippen molar-refractivity contribution in [2.45, 2.75) is 38.6 Å². The molecule has 5 rings (SSSR count). The number of anilines is 1. The summed E-state index contributed by atoms with van der Waals surface area (Å²) in [6, 6.07) is 6.94. The number of thiazole rings is 1. The average Bonchev–Trinajstić information content (AvgIpc) is 3.38. The summed E-state index contributed by atoms with van der Waals surface area (Å²) in [6.45, 7) is 4.85. The molecule has 8 heteroatoms. The Labute approximate surface area is 185 Å². The summed E-state index contributed by atoms with van der Waals surface area (Å²) in [5.41, 5.74) is 1.13. The van der Waals surface area contributed by atoms with Gasteiger partial charge in [0.1, 0.15) is 11.6 Å². The number of hydrogen-bond donors (Lipinski definition) is 2. The Hall–Kier alpha value is -2.58. The third kappa shape index (κ3) is 4.27. The monoisotopic (exact) mass is 439 g/mol. The molecule has 1 aromatic carbocycles. The third-order valence-corrected chi connectivity index (χ3v) is 7.28. The Bertz CT molecular complexity index is 1070. The van der Waals surface area contributed by atoms with Crippen molar-refractivity contribution in [3.8, 4) is 27.4 Å². The molecule has 0 spiro atoms. The van der Waals surface area contributed by atoms with E-state index in [-0.39, 0.29) is 5.75 Å². The summed E-state index contributed by atoms with van der Waals surface area (Å²) >= 11 is 1.39. The number of aryl methyl sites for hydroxylation is 1. The van der Waals surface area contributed by atoms with Gasteiger partial charge >= 0.3 is 0 Å². The molecule has 1 saturated heterocycles. The topological polar surface area (TPSA) is 74.2 Å². The van der Waals surface area contributed by atoms with Crippen LogP contribution in [-0.2, 0) is 0 Å². The normalized spacial score (nSPS) is 19.0. The van der Waals surface area contributed by atoms with Crippen molar-refractivity contribution >= 4 is 17.2 Å². The molecule has 0 unspecified atom stereocenters. The van der Waals surface area contributed by atoms with Gasteiger partial charge in [-0.3, -0.25) is 0 Å². The number of phenolic OH excluding ortho intramolecular Hbond substituents is 1. The lowest BCUT2D eigenvalue weighted by atomic mass is 9.85. The first-order valence-electron chi connectivity index (χ1n) is 10.8. The number of nitrogens with one attached hydrogen (secondary N) is 1. The van der Waals surface area contributed by atoms with Crippen LogP contribution in [0.3, 0.4) is 0 Å². The van der Waals surface area contributed by atoms with Gasteiger partial charge in [-0.15, -0.1) is 21.5 Å². The summed E-state index contributed by atoms with van der Waals surface area (Å²) in [5.74, 6) is 1.23. The minimum Gasteiger partial charge on any atom is -0.507 e. The van der Waals surface area contributed by atoms with Crippen LogP contribution in [0.2, 0.25) is 0 Å². The van der Waals surface area contributed by atoms with Gasteiger partial charge in [0.25, 0.3) is 0 Å². The second-order valence-corrected chi connectivity index (χ2v) is 9.74. The number of aromatic nitrogens is 3. The van der Waals surface area contributed by atoms with E-state index in [2.05, 4.69) is 25.4 Å². The molecule has 1 aliphatic heterocycles. The van der Waals surface area contributed by atoms with E-state index in [4.69, 9.17) is 0 Å². The number of hydrogen-bond acceptors (Lipinski definition) is 7. The Balaban J connectivity index is 1.28. The van der Waals surface area contributed by atoms with Crippen LogP contribution < -0.4 is 10.2 Å². The fourth-order valence-electron chi connectivity index (χ4n) is 4.24. The molecule has 1 saturated carbocycles. The zero-order valence-electron chi connectivity index (χ0n) is 17.5. The molecule has 6 nitrogen and oxygen atoms in total. The summed E-state index contributed by atoms with van der Waals surface area (Å²) in [5, 5.41) is 23.7. The number of rotatable bonds is 6. The first-order chi connectivity index (χ1) is 15.1. The standard InChI is InChI=1S/C23H26FN5OS/c1-14-25-12-22(31-14)17-10-21(30)18(9-19(17)24)20-5-6-23(28-27-20)29-8-7-16(13-29)26-11-15-3-2-4-15/h5-6,9-10,12,15-16,26,30H,2-4,7-8,11,13H2,1H3/t16-/m1/s1. The number of halogens is 1. The molecule has 0 bridgehead atoms. The Morgan fingerprint density at radius 2 is 2.06 bits per heavy atom. The highest BCUT2D eigenvalue weighted by Crippen LogP contribution is 2.37. The molecule has 3 heterocycles. The van der Waals surface area contributed by atoms with Crippen molar-refractivity contribution in [1.82, 2.24) is 20.5 Å². The van der Waals surface area contributed by atoms with E-state index in [0.717, 1.165) is 42.8 Å². The molecule has 1 atom stereocenters. The van der Waals surface area contributed by atoms with Crippen molar-refractivity contribution < 1.29 is 9.50 Å². The lowest BCUT2D eigenvalue weighted by Gasteiger charge is -2.27. The van der Waals surface area contributed by atoms with Gasteiger partial charge in [0, 0.05) is 36.5 Å². The van der Waals surface area contributed by atoms with Gasteiger partial charge in [-0.25, -0.2) is 9.37 Å². The predicted octanol–water partition coefficient (Wildman–Crippen LogP) is 4.39. The number of nitrogens with zero attached hydrogens (tertiary/aromatic N) is 4. The van der Waals surface area contributed by atoms with Crippen LogP contribution in [0, 0.1) is 18.7 Å². The summed E-state index contributed by atoms with van der Waals surface area (Å²) < 4.78 is 14.7. The Kier molecular flexibility index (Phi) is 5.58. The molecule has 0 amide bonds. The lowest BCUT2D eigenvalue weighted by Crippen LogP contribution is -2.37. The van der Waals surface area contributed by atoms with E-state index < -0.39 is 5.82 Å². The van der Waals surface area contributed by atoms with Gasteiger partial charge in [0.2, 0.25) is 0 Å². The molecule has 2 aromatic heterocycles. The van der Waals surface area contributed by atoms with Crippen molar-refractivity contribution in [3.63, 3.8) is 0 Å². The smallest absolute Gasteiger partial charge is 0.151 e. The molecule has 162 valence electrons. The molecular weight excluding hydrogens is 413 g/mol. The first kappa shape index (κ1) is 20.3. The van der Waals surface area contributed by atoms with Crippen LogP contribution >= 0.6 is 11.3 Å². The molecular formula is C23H26FN5OS. The van der Waals surface area contributed by atoms with Gasteiger partial charge in [-0.2, -0.15) is 0 Å². The fraction of sp³-hybridized carbons (Fsp3) is 0.435. The third-order valence-electron chi connectivity index (χ3n) is 6.33. The zero-order valence-corrected chi connectivity index (χ0v) is 18.3. The molecule has 2 N–H and O–H groups in total. The minimum atomic E-state index is -0.415. The van der Waals surface area contributed by atoms with Crippen LogP contribution in [0.25, 0.3) is 21.7 Å².